The van der Waals surface area contributed by atoms with Gasteiger partial charge < -0.3 is 4.74 Å². The van der Waals surface area contributed by atoms with E-state index in [1.54, 1.807) is 18.3 Å². The lowest BCUT2D eigenvalue weighted by atomic mass is 10.2. The lowest BCUT2D eigenvalue weighted by Gasteiger charge is -2.05. The second-order valence-corrected chi connectivity index (χ2v) is 3.40. The maximum atomic E-state index is 8.64. The Morgan fingerprint density at radius 1 is 1.29 bits per heavy atom. The van der Waals surface area contributed by atoms with Crippen molar-refractivity contribution < 1.29 is 4.74 Å². The molecule has 0 saturated heterocycles. The first kappa shape index (κ1) is 15.4. The molecule has 0 bridgehead atoms. The molecule has 0 aromatic carbocycles. The molecule has 0 atom stereocenters. The van der Waals surface area contributed by atoms with E-state index in [4.69, 9.17) is 10.00 Å². The molecule has 1 heterocycles. The van der Waals surface area contributed by atoms with Crippen molar-refractivity contribution in [2.45, 2.75) is 46.5 Å². The molecule has 3 nitrogen and oxygen atoms in total. The highest BCUT2D eigenvalue weighted by atomic mass is 16.5. The van der Waals surface area contributed by atoms with Gasteiger partial charge in [0.15, 0.2) is 0 Å². The SMILES string of the molecule is CC.CCCCCCOc1ccnc(C#N)c1. The Hall–Kier alpha value is -1.56. The van der Waals surface area contributed by atoms with Gasteiger partial charge in [-0.15, -0.1) is 0 Å². The average Bonchev–Trinajstić information content (AvgIpc) is 2.41. The van der Waals surface area contributed by atoms with E-state index in [1.165, 1.54) is 19.3 Å². The van der Waals surface area contributed by atoms with Gasteiger partial charge in [0.25, 0.3) is 0 Å². The van der Waals surface area contributed by atoms with Crippen molar-refractivity contribution >= 4 is 0 Å². The Morgan fingerprint density at radius 3 is 2.71 bits per heavy atom. The summed E-state index contributed by atoms with van der Waals surface area (Å²) in [6.45, 7) is 6.90. The fourth-order valence-electron chi connectivity index (χ4n) is 1.28. The molecule has 1 aromatic rings. The second-order valence-electron chi connectivity index (χ2n) is 3.40. The molecule has 0 amide bonds. The minimum Gasteiger partial charge on any atom is -0.493 e. The van der Waals surface area contributed by atoms with Gasteiger partial charge in [0.2, 0.25) is 0 Å². The quantitative estimate of drug-likeness (QED) is 0.700. The Labute approximate surface area is 104 Å². The minimum atomic E-state index is 0.404. The molecule has 0 unspecified atom stereocenters. The molecule has 0 aliphatic carbocycles. The first-order valence-electron chi connectivity index (χ1n) is 6.35. The molecule has 3 heteroatoms. The van der Waals surface area contributed by atoms with Gasteiger partial charge in [-0.3, -0.25) is 0 Å². The molecule has 0 saturated carbocycles. The average molecular weight is 234 g/mol. The zero-order chi connectivity index (χ0) is 12.9. The van der Waals surface area contributed by atoms with Crippen LogP contribution in [-0.2, 0) is 0 Å². The number of nitrogens with zero attached hydrogens (tertiary/aromatic N) is 2. The molecule has 0 fully saturated rings. The summed E-state index contributed by atoms with van der Waals surface area (Å²) >= 11 is 0. The van der Waals surface area contributed by atoms with Crippen molar-refractivity contribution in [3.63, 3.8) is 0 Å². The van der Waals surface area contributed by atoms with Gasteiger partial charge in [-0.05, 0) is 12.5 Å². The summed E-state index contributed by atoms with van der Waals surface area (Å²) in [7, 11) is 0. The summed E-state index contributed by atoms with van der Waals surface area (Å²) in [6.07, 6.45) is 6.35. The molecule has 0 aliphatic rings. The topological polar surface area (TPSA) is 45.9 Å². The lowest BCUT2D eigenvalue weighted by Crippen LogP contribution is -1.97. The molecule has 1 rings (SSSR count). The van der Waals surface area contributed by atoms with Crippen LogP contribution < -0.4 is 4.74 Å². The van der Waals surface area contributed by atoms with Gasteiger partial charge in [-0.2, -0.15) is 5.26 Å². The number of aromatic nitrogens is 1. The zero-order valence-electron chi connectivity index (χ0n) is 11.1. The molecule has 0 radical (unpaired) electrons. The maximum Gasteiger partial charge on any atom is 0.144 e. The van der Waals surface area contributed by atoms with Crippen LogP contribution in [0.5, 0.6) is 5.75 Å². The Bertz CT molecular complexity index is 331. The Balaban J connectivity index is 0.00000121. The first-order valence-corrected chi connectivity index (χ1v) is 6.35. The van der Waals surface area contributed by atoms with Crippen LogP contribution in [0, 0.1) is 11.3 Å². The summed E-state index contributed by atoms with van der Waals surface area (Å²) in [5.74, 6) is 0.734. The molecule has 0 aliphatic heterocycles. The van der Waals surface area contributed by atoms with Gasteiger partial charge in [-0.25, -0.2) is 4.98 Å². The van der Waals surface area contributed by atoms with Crippen molar-refractivity contribution in [1.82, 2.24) is 4.98 Å². The summed E-state index contributed by atoms with van der Waals surface area (Å²) in [5.41, 5.74) is 0.404. The number of unbranched alkanes of at least 4 members (excludes halogenated alkanes) is 3. The predicted octanol–water partition coefficient (Wildman–Crippen LogP) is 3.94. The monoisotopic (exact) mass is 234 g/mol. The molecule has 1 aromatic heterocycles. The summed E-state index contributed by atoms with van der Waals surface area (Å²) < 4.78 is 5.50. The van der Waals surface area contributed by atoms with Crippen LogP contribution in [0.1, 0.15) is 52.1 Å². The largest absolute Gasteiger partial charge is 0.493 e. The fraction of sp³-hybridized carbons (Fsp3) is 0.571. The van der Waals surface area contributed by atoms with E-state index in [0.717, 1.165) is 18.8 Å². The molecule has 94 valence electrons. The zero-order valence-corrected chi connectivity index (χ0v) is 11.1. The van der Waals surface area contributed by atoms with Crippen LogP contribution in [-0.4, -0.2) is 11.6 Å². The highest BCUT2D eigenvalue weighted by molar-refractivity contribution is 5.29. The van der Waals surface area contributed by atoms with Gasteiger partial charge in [0.1, 0.15) is 17.5 Å². The molecule has 17 heavy (non-hydrogen) atoms. The van der Waals surface area contributed by atoms with Crippen LogP contribution in [0.4, 0.5) is 0 Å². The highest BCUT2D eigenvalue weighted by Gasteiger charge is 1.96. The van der Waals surface area contributed by atoms with E-state index < -0.39 is 0 Å². The Morgan fingerprint density at radius 2 is 2.06 bits per heavy atom. The van der Waals surface area contributed by atoms with Crippen LogP contribution >= 0.6 is 0 Å². The van der Waals surface area contributed by atoms with E-state index in [1.807, 2.05) is 19.9 Å². The van der Waals surface area contributed by atoms with Crippen LogP contribution in [0.2, 0.25) is 0 Å². The lowest BCUT2D eigenvalue weighted by molar-refractivity contribution is 0.304. The number of pyridine rings is 1. The third kappa shape index (κ3) is 7.35. The van der Waals surface area contributed by atoms with Crippen molar-refractivity contribution in [1.29, 1.82) is 5.26 Å². The number of nitriles is 1. The number of ether oxygens (including phenoxy) is 1. The van der Waals surface area contributed by atoms with E-state index in [2.05, 4.69) is 11.9 Å². The van der Waals surface area contributed by atoms with Crippen molar-refractivity contribution in [2.75, 3.05) is 6.61 Å². The molecular weight excluding hydrogens is 212 g/mol. The van der Waals surface area contributed by atoms with E-state index in [9.17, 15) is 0 Å². The van der Waals surface area contributed by atoms with E-state index >= 15 is 0 Å². The Kier molecular flexibility index (Phi) is 9.94. The summed E-state index contributed by atoms with van der Waals surface area (Å²) in [4.78, 5) is 3.87. The normalized spacial score (nSPS) is 8.82. The number of hydrogen-bond donors (Lipinski definition) is 0. The van der Waals surface area contributed by atoms with Crippen LogP contribution in [0.15, 0.2) is 18.3 Å². The number of rotatable bonds is 6. The third-order valence-electron chi connectivity index (χ3n) is 2.11. The van der Waals surface area contributed by atoms with Gasteiger partial charge in [0, 0.05) is 12.3 Å². The summed E-state index contributed by atoms with van der Waals surface area (Å²) in [5, 5.41) is 8.64. The maximum absolute atomic E-state index is 8.64. The second kappa shape index (κ2) is 10.9. The van der Waals surface area contributed by atoms with Gasteiger partial charge in [-0.1, -0.05) is 40.0 Å². The van der Waals surface area contributed by atoms with Crippen molar-refractivity contribution in [3.05, 3.63) is 24.0 Å². The molecule has 0 N–H and O–H groups in total. The fourth-order valence-corrected chi connectivity index (χ4v) is 1.28. The predicted molar refractivity (Wildman–Crippen MR) is 69.9 cm³/mol. The van der Waals surface area contributed by atoms with E-state index in [-0.39, 0.29) is 0 Å². The van der Waals surface area contributed by atoms with Crippen LogP contribution in [0.25, 0.3) is 0 Å². The third-order valence-corrected chi connectivity index (χ3v) is 2.11. The summed E-state index contributed by atoms with van der Waals surface area (Å²) in [6, 6.07) is 5.43. The highest BCUT2D eigenvalue weighted by Crippen LogP contribution is 2.11. The van der Waals surface area contributed by atoms with Gasteiger partial charge >= 0.3 is 0 Å². The number of hydrogen-bond acceptors (Lipinski definition) is 3. The van der Waals surface area contributed by atoms with Crippen molar-refractivity contribution in [3.8, 4) is 11.8 Å². The standard InChI is InChI=1S/C12H16N2O.C2H6/c1-2-3-4-5-8-15-12-6-7-14-11(9-12)10-13;1-2/h6-7,9H,2-5,8H2,1H3;1-2H3. The van der Waals surface area contributed by atoms with Crippen molar-refractivity contribution in [2.24, 2.45) is 0 Å². The first-order chi connectivity index (χ1) is 8.36. The van der Waals surface area contributed by atoms with E-state index in [0.29, 0.717) is 5.69 Å². The smallest absolute Gasteiger partial charge is 0.144 e. The van der Waals surface area contributed by atoms with Gasteiger partial charge in [0.05, 0.1) is 6.61 Å². The molecular formula is C14H22N2O. The van der Waals surface area contributed by atoms with Crippen LogP contribution in [0.3, 0.4) is 0 Å². The minimum absolute atomic E-state index is 0.404. The molecule has 0 spiro atoms.